The molecular formula is C13H13NO7. The van der Waals surface area contributed by atoms with Crippen molar-refractivity contribution < 1.29 is 30.0 Å². The standard InChI is InChI=1S/C9H7NO.C4H6O6/c11-9-6-5-7-3-1-2-4-8(7)10-9;5-1(3(7)8)2(6)4(9)10/h1-6H,(H,10,11);1-2,5-6H,(H,7,8)(H,9,10). The lowest BCUT2D eigenvalue weighted by Crippen LogP contribution is -2.39. The van der Waals surface area contributed by atoms with Gasteiger partial charge >= 0.3 is 11.9 Å². The first kappa shape index (κ1) is 16.3. The molecule has 0 bridgehead atoms. The molecule has 2 atom stereocenters. The maximum Gasteiger partial charge on any atom is 0.335 e. The third kappa shape index (κ3) is 4.71. The highest BCUT2D eigenvalue weighted by atomic mass is 16.4. The fraction of sp³-hybridized carbons (Fsp3) is 0.154. The van der Waals surface area contributed by atoms with E-state index in [1.807, 2.05) is 30.3 Å². The van der Waals surface area contributed by atoms with Gasteiger partial charge in [0.2, 0.25) is 5.56 Å². The van der Waals surface area contributed by atoms with Crippen molar-refractivity contribution in [1.29, 1.82) is 0 Å². The zero-order valence-corrected chi connectivity index (χ0v) is 10.6. The minimum atomic E-state index is -2.27. The minimum absolute atomic E-state index is 0.0521. The fourth-order valence-electron chi connectivity index (χ4n) is 1.37. The number of aliphatic hydroxyl groups excluding tert-OH is 2. The van der Waals surface area contributed by atoms with E-state index in [9.17, 15) is 14.4 Å². The molecule has 0 spiro atoms. The number of hydrogen-bond acceptors (Lipinski definition) is 5. The number of pyridine rings is 1. The molecule has 1 aromatic heterocycles. The van der Waals surface area contributed by atoms with Gasteiger partial charge in [0.25, 0.3) is 0 Å². The van der Waals surface area contributed by atoms with Crippen molar-refractivity contribution in [2.24, 2.45) is 0 Å². The van der Waals surface area contributed by atoms with Gasteiger partial charge in [0, 0.05) is 11.6 Å². The van der Waals surface area contributed by atoms with Crippen molar-refractivity contribution >= 4 is 22.8 Å². The summed E-state index contributed by atoms with van der Waals surface area (Å²) in [6, 6.07) is 11.0. The maximum atomic E-state index is 10.8. The molecular weight excluding hydrogens is 282 g/mol. The molecule has 8 nitrogen and oxygen atoms in total. The summed E-state index contributed by atoms with van der Waals surface area (Å²) in [5.41, 5.74) is 0.837. The first-order valence-electron chi connectivity index (χ1n) is 5.72. The topological polar surface area (TPSA) is 148 Å². The Morgan fingerprint density at radius 3 is 1.95 bits per heavy atom. The van der Waals surface area contributed by atoms with E-state index in [2.05, 4.69) is 4.98 Å². The number of H-pyrrole nitrogens is 1. The van der Waals surface area contributed by atoms with E-state index in [1.54, 1.807) is 0 Å². The van der Waals surface area contributed by atoms with Crippen LogP contribution in [0.25, 0.3) is 10.9 Å². The number of carboxylic acid groups (broad SMARTS) is 2. The summed E-state index contributed by atoms with van der Waals surface area (Å²) >= 11 is 0. The molecule has 0 radical (unpaired) electrons. The highest BCUT2D eigenvalue weighted by Crippen LogP contribution is 2.06. The molecule has 0 fully saturated rings. The number of benzene rings is 1. The lowest BCUT2D eigenvalue weighted by atomic mass is 10.2. The average molecular weight is 295 g/mol. The van der Waals surface area contributed by atoms with Crippen LogP contribution in [-0.4, -0.2) is 49.6 Å². The predicted molar refractivity (Wildman–Crippen MR) is 71.9 cm³/mol. The van der Waals surface area contributed by atoms with Crippen LogP contribution in [0.1, 0.15) is 0 Å². The van der Waals surface area contributed by atoms with Crippen LogP contribution < -0.4 is 5.56 Å². The summed E-state index contributed by atoms with van der Waals surface area (Å²) in [6.45, 7) is 0. The number of carbonyl (C=O) groups is 2. The van der Waals surface area contributed by atoms with Gasteiger partial charge in [0.15, 0.2) is 12.2 Å². The number of rotatable bonds is 3. The highest BCUT2D eigenvalue weighted by molar-refractivity contribution is 5.83. The lowest BCUT2D eigenvalue weighted by molar-refractivity contribution is -0.165. The Hall–Kier alpha value is -2.71. The number of para-hydroxylation sites is 1. The third-order valence-electron chi connectivity index (χ3n) is 2.44. The number of fused-ring (bicyclic) bond motifs is 1. The van der Waals surface area contributed by atoms with Crippen LogP contribution in [0, 0.1) is 0 Å². The van der Waals surface area contributed by atoms with Crippen molar-refractivity contribution in [2.75, 3.05) is 0 Å². The first-order valence-corrected chi connectivity index (χ1v) is 5.72. The molecule has 21 heavy (non-hydrogen) atoms. The average Bonchev–Trinajstić information content (AvgIpc) is 2.46. The van der Waals surface area contributed by atoms with Gasteiger partial charge in [0.05, 0.1) is 0 Å². The lowest BCUT2D eigenvalue weighted by Gasteiger charge is -2.07. The van der Waals surface area contributed by atoms with Crippen molar-refractivity contribution in [1.82, 2.24) is 4.98 Å². The van der Waals surface area contributed by atoms with E-state index in [1.165, 1.54) is 6.07 Å². The largest absolute Gasteiger partial charge is 0.479 e. The zero-order chi connectivity index (χ0) is 16.0. The van der Waals surface area contributed by atoms with Crippen LogP contribution in [0.4, 0.5) is 0 Å². The van der Waals surface area contributed by atoms with Gasteiger partial charge in [-0.05, 0) is 17.5 Å². The van der Waals surface area contributed by atoms with E-state index in [0.29, 0.717) is 0 Å². The van der Waals surface area contributed by atoms with Crippen LogP contribution in [0.15, 0.2) is 41.2 Å². The second kappa shape index (κ2) is 7.17. The molecule has 2 unspecified atom stereocenters. The normalized spacial score (nSPS) is 12.9. The summed E-state index contributed by atoms with van der Waals surface area (Å²) in [4.78, 5) is 33.1. The summed E-state index contributed by atoms with van der Waals surface area (Å²) in [5, 5.41) is 33.6. The van der Waals surface area contributed by atoms with E-state index in [0.717, 1.165) is 10.9 Å². The molecule has 0 aliphatic carbocycles. The monoisotopic (exact) mass is 295 g/mol. The molecule has 0 saturated carbocycles. The van der Waals surface area contributed by atoms with E-state index < -0.39 is 24.1 Å². The van der Waals surface area contributed by atoms with Gasteiger partial charge in [-0.2, -0.15) is 0 Å². The molecule has 0 amide bonds. The number of aromatic amines is 1. The SMILES string of the molecule is O=C(O)C(O)C(O)C(=O)O.O=c1ccc2ccccc2[nH]1. The Kier molecular flexibility index (Phi) is 5.58. The maximum absolute atomic E-state index is 10.8. The molecule has 8 heteroatoms. The van der Waals surface area contributed by atoms with E-state index >= 15 is 0 Å². The summed E-state index contributed by atoms with van der Waals surface area (Å²) in [7, 11) is 0. The van der Waals surface area contributed by atoms with E-state index in [4.69, 9.17) is 20.4 Å². The number of carboxylic acids is 2. The molecule has 2 aromatic rings. The van der Waals surface area contributed by atoms with Gasteiger partial charge in [-0.1, -0.05) is 18.2 Å². The number of aromatic nitrogens is 1. The quantitative estimate of drug-likeness (QED) is 0.508. The number of nitrogens with one attached hydrogen (secondary N) is 1. The fourth-order valence-corrected chi connectivity index (χ4v) is 1.37. The van der Waals surface area contributed by atoms with Crippen LogP contribution in [0.3, 0.4) is 0 Å². The molecule has 112 valence electrons. The minimum Gasteiger partial charge on any atom is -0.479 e. The van der Waals surface area contributed by atoms with Gasteiger partial charge in [-0.3, -0.25) is 4.79 Å². The summed E-state index contributed by atoms with van der Waals surface area (Å²) in [5.74, 6) is -3.54. The number of aliphatic hydroxyl groups is 2. The van der Waals surface area contributed by atoms with Crippen molar-refractivity contribution in [3.63, 3.8) is 0 Å². The first-order chi connectivity index (χ1) is 9.82. The van der Waals surface area contributed by atoms with Gasteiger partial charge in [-0.15, -0.1) is 0 Å². The Labute approximate surface area is 117 Å². The molecule has 0 aliphatic rings. The Bertz CT molecular complexity index is 676. The highest BCUT2D eigenvalue weighted by Gasteiger charge is 2.29. The number of hydrogen-bond donors (Lipinski definition) is 5. The molecule has 1 heterocycles. The van der Waals surface area contributed by atoms with Crippen LogP contribution in [0.5, 0.6) is 0 Å². The number of aliphatic carboxylic acids is 2. The van der Waals surface area contributed by atoms with E-state index in [-0.39, 0.29) is 5.56 Å². The second-order valence-electron chi connectivity index (χ2n) is 3.98. The molecule has 0 saturated heterocycles. The second-order valence-corrected chi connectivity index (χ2v) is 3.98. The Balaban J connectivity index is 0.000000212. The van der Waals surface area contributed by atoms with Gasteiger partial charge in [-0.25, -0.2) is 9.59 Å². The van der Waals surface area contributed by atoms with Crippen molar-refractivity contribution in [2.45, 2.75) is 12.2 Å². The summed E-state index contributed by atoms with van der Waals surface area (Å²) in [6.07, 6.45) is -4.53. The molecule has 1 aromatic carbocycles. The van der Waals surface area contributed by atoms with Crippen LogP contribution in [-0.2, 0) is 9.59 Å². The zero-order valence-electron chi connectivity index (χ0n) is 10.6. The van der Waals surface area contributed by atoms with Gasteiger partial charge < -0.3 is 25.4 Å². The van der Waals surface area contributed by atoms with Crippen LogP contribution >= 0.6 is 0 Å². The van der Waals surface area contributed by atoms with Crippen molar-refractivity contribution in [3.8, 4) is 0 Å². The smallest absolute Gasteiger partial charge is 0.335 e. The van der Waals surface area contributed by atoms with Gasteiger partial charge in [0.1, 0.15) is 0 Å². The summed E-state index contributed by atoms with van der Waals surface area (Å²) < 4.78 is 0. The molecule has 2 rings (SSSR count). The third-order valence-corrected chi connectivity index (χ3v) is 2.44. The molecule has 0 aliphatic heterocycles. The van der Waals surface area contributed by atoms with Crippen LogP contribution in [0.2, 0.25) is 0 Å². The van der Waals surface area contributed by atoms with Crippen molar-refractivity contribution in [3.05, 3.63) is 46.8 Å². The molecule has 5 N–H and O–H groups in total. The Morgan fingerprint density at radius 1 is 0.905 bits per heavy atom. The Morgan fingerprint density at radius 2 is 1.43 bits per heavy atom. The predicted octanol–water partition coefficient (Wildman–Crippen LogP) is -0.594.